The summed E-state index contributed by atoms with van der Waals surface area (Å²) in [6, 6.07) is 7.93. The Morgan fingerprint density at radius 3 is 2.44 bits per heavy atom. The Kier molecular flexibility index (Phi) is 7.19. The van der Waals surface area contributed by atoms with Crippen molar-refractivity contribution in [1.82, 2.24) is 14.8 Å². The van der Waals surface area contributed by atoms with Crippen molar-refractivity contribution in [3.05, 3.63) is 57.5 Å². The summed E-state index contributed by atoms with van der Waals surface area (Å²) in [4.78, 5) is 27.0. The number of aromatic nitrogens is 3. The van der Waals surface area contributed by atoms with Gasteiger partial charge < -0.3 is 10.4 Å². The minimum absolute atomic E-state index is 0.0436. The number of thiophene rings is 1. The third-order valence-electron chi connectivity index (χ3n) is 5.00. The molecule has 1 aliphatic heterocycles. The highest BCUT2D eigenvalue weighted by Gasteiger charge is 2.26. The van der Waals surface area contributed by atoms with E-state index < -0.39 is 5.97 Å². The molecule has 8 nitrogen and oxygen atoms in total. The lowest BCUT2D eigenvalue weighted by Gasteiger charge is -2.10. The lowest BCUT2D eigenvalue weighted by Crippen LogP contribution is -2.11. The Balaban J connectivity index is 0.000000668. The maximum atomic E-state index is 11.8. The topological polar surface area (TPSA) is 109 Å². The summed E-state index contributed by atoms with van der Waals surface area (Å²) in [6.45, 7) is 9.83. The van der Waals surface area contributed by atoms with E-state index in [1.165, 1.54) is 10.4 Å². The number of anilines is 1. The number of rotatable bonds is 4. The highest BCUT2D eigenvalue weighted by atomic mass is 32.1. The monoisotopic (exact) mass is 453 g/mol. The predicted octanol–water partition coefficient (Wildman–Crippen LogP) is 4.43. The molecule has 0 aliphatic carbocycles. The highest BCUT2D eigenvalue weighted by Crippen LogP contribution is 2.36. The zero-order valence-electron chi connectivity index (χ0n) is 18.9. The van der Waals surface area contributed by atoms with Gasteiger partial charge in [-0.3, -0.25) is 19.1 Å². The molecular formula is C23H27N5O3S. The number of carboxylic acid groups (broad SMARTS) is 1. The summed E-state index contributed by atoms with van der Waals surface area (Å²) in [5.74, 6) is 0.948. The summed E-state index contributed by atoms with van der Waals surface area (Å²) in [5, 5.41) is 20.0. The molecule has 0 saturated carbocycles. The highest BCUT2D eigenvalue weighted by molar-refractivity contribution is 7.15. The van der Waals surface area contributed by atoms with E-state index in [9.17, 15) is 4.79 Å². The Morgan fingerprint density at radius 2 is 1.81 bits per heavy atom. The van der Waals surface area contributed by atoms with Crippen LogP contribution in [0.25, 0.3) is 5.00 Å². The minimum Gasteiger partial charge on any atom is -0.481 e. The number of carbonyl (C=O) groups excluding carboxylic acids is 1. The first-order valence-corrected chi connectivity index (χ1v) is 11.2. The second-order valence-electron chi connectivity index (χ2n) is 7.52. The van der Waals surface area contributed by atoms with Crippen molar-refractivity contribution in [3.8, 4) is 5.00 Å². The third kappa shape index (κ3) is 4.94. The van der Waals surface area contributed by atoms with Crippen molar-refractivity contribution in [2.24, 2.45) is 4.99 Å². The molecule has 0 bridgehead atoms. The van der Waals surface area contributed by atoms with E-state index in [1.54, 1.807) is 11.3 Å². The van der Waals surface area contributed by atoms with E-state index in [2.05, 4.69) is 33.9 Å². The van der Waals surface area contributed by atoms with Crippen LogP contribution in [-0.2, 0) is 16.1 Å². The lowest BCUT2D eigenvalue weighted by molar-refractivity contribution is -0.134. The van der Waals surface area contributed by atoms with Crippen molar-refractivity contribution in [1.29, 1.82) is 0 Å². The van der Waals surface area contributed by atoms with Crippen LogP contribution in [0, 0.1) is 20.8 Å². The first kappa shape index (κ1) is 23.3. The summed E-state index contributed by atoms with van der Waals surface area (Å²) in [5.41, 5.74) is 5.19. The molecule has 2 aromatic heterocycles. The quantitative estimate of drug-likeness (QED) is 0.607. The Morgan fingerprint density at radius 1 is 1.16 bits per heavy atom. The van der Waals surface area contributed by atoms with Crippen LogP contribution < -0.4 is 5.32 Å². The van der Waals surface area contributed by atoms with Crippen LogP contribution in [0.3, 0.4) is 0 Å². The number of aryl methyl sites for hydroxylation is 2. The van der Waals surface area contributed by atoms with Gasteiger partial charge in [-0.2, -0.15) is 0 Å². The number of nitrogens with zero attached hydrogens (tertiary/aromatic N) is 4. The second kappa shape index (κ2) is 9.86. The van der Waals surface area contributed by atoms with Crippen LogP contribution in [0.1, 0.15) is 59.9 Å². The smallest absolute Gasteiger partial charge is 0.300 e. The SMILES string of the molecule is CC(=O)O.CCCC(=O)Nc1ccc(C2=NCc3nnc(C)n3-c3sc(C)c(C)c32)cc1. The van der Waals surface area contributed by atoms with Crippen LogP contribution in [0.2, 0.25) is 0 Å². The number of amides is 1. The first-order valence-electron chi connectivity index (χ1n) is 10.4. The van der Waals surface area contributed by atoms with E-state index in [-0.39, 0.29) is 5.91 Å². The molecule has 1 aliphatic rings. The number of carbonyl (C=O) groups is 2. The van der Waals surface area contributed by atoms with E-state index in [0.717, 1.165) is 52.5 Å². The summed E-state index contributed by atoms with van der Waals surface area (Å²) in [6.07, 6.45) is 1.37. The van der Waals surface area contributed by atoms with Crippen LogP contribution in [0.15, 0.2) is 29.3 Å². The van der Waals surface area contributed by atoms with Crippen LogP contribution in [-0.4, -0.2) is 37.5 Å². The first-order chi connectivity index (χ1) is 15.2. The molecular weight excluding hydrogens is 426 g/mol. The molecule has 3 heterocycles. The molecule has 0 atom stereocenters. The van der Waals surface area contributed by atoms with Gasteiger partial charge in [0.05, 0.1) is 5.71 Å². The van der Waals surface area contributed by atoms with Crippen molar-refractivity contribution in [2.75, 3.05) is 5.32 Å². The molecule has 9 heteroatoms. The van der Waals surface area contributed by atoms with Crippen LogP contribution in [0.4, 0.5) is 5.69 Å². The summed E-state index contributed by atoms with van der Waals surface area (Å²) in [7, 11) is 0. The molecule has 1 amide bonds. The van der Waals surface area contributed by atoms with Gasteiger partial charge >= 0.3 is 0 Å². The van der Waals surface area contributed by atoms with Crippen LogP contribution >= 0.6 is 11.3 Å². The molecule has 0 spiro atoms. The number of hydrogen-bond donors (Lipinski definition) is 2. The predicted molar refractivity (Wildman–Crippen MR) is 126 cm³/mol. The van der Waals surface area contributed by atoms with Crippen molar-refractivity contribution in [2.45, 2.75) is 54.0 Å². The standard InChI is InChI=1S/C21H23N5OS.C2H4O2/c1-5-6-18(27)23-16-9-7-15(8-10-16)20-19-12(2)13(3)28-21(19)26-14(4)24-25-17(26)11-22-20;1-2(3)4/h7-10H,5-6,11H2,1-4H3,(H,23,27);1H3,(H,3,4). The van der Waals surface area contributed by atoms with Crippen molar-refractivity contribution < 1.29 is 14.7 Å². The van der Waals surface area contributed by atoms with Crippen LogP contribution in [0.5, 0.6) is 0 Å². The normalized spacial score (nSPS) is 12.0. The second-order valence-corrected chi connectivity index (χ2v) is 8.72. The Labute approximate surface area is 191 Å². The van der Waals surface area contributed by atoms with E-state index in [0.29, 0.717) is 13.0 Å². The zero-order valence-corrected chi connectivity index (χ0v) is 19.7. The lowest BCUT2D eigenvalue weighted by atomic mass is 9.99. The van der Waals surface area contributed by atoms with Crippen molar-refractivity contribution >= 4 is 34.6 Å². The van der Waals surface area contributed by atoms with Gasteiger partial charge in [-0.15, -0.1) is 21.5 Å². The van der Waals surface area contributed by atoms with Gasteiger partial charge in [-0.25, -0.2) is 0 Å². The molecule has 0 unspecified atom stereocenters. The minimum atomic E-state index is -0.833. The average Bonchev–Trinajstić information content (AvgIpc) is 3.17. The maximum Gasteiger partial charge on any atom is 0.300 e. The fourth-order valence-corrected chi connectivity index (χ4v) is 4.67. The largest absolute Gasteiger partial charge is 0.481 e. The Hall–Kier alpha value is -3.33. The molecule has 3 aromatic rings. The molecule has 1 aromatic carbocycles. The number of aliphatic carboxylic acids is 1. The molecule has 0 saturated heterocycles. The van der Waals surface area contributed by atoms with Gasteiger partial charge in [-0.1, -0.05) is 19.1 Å². The number of nitrogens with one attached hydrogen (secondary N) is 1. The van der Waals surface area contributed by atoms with E-state index >= 15 is 0 Å². The van der Waals surface area contributed by atoms with Gasteiger partial charge in [0.2, 0.25) is 5.91 Å². The Bertz CT molecular complexity index is 1170. The summed E-state index contributed by atoms with van der Waals surface area (Å²) >= 11 is 1.75. The van der Waals surface area contributed by atoms with Crippen molar-refractivity contribution in [3.63, 3.8) is 0 Å². The molecule has 2 N–H and O–H groups in total. The molecule has 4 rings (SSSR count). The van der Waals surface area contributed by atoms with Gasteiger partial charge in [0.25, 0.3) is 5.97 Å². The van der Waals surface area contributed by atoms with Gasteiger partial charge in [-0.05, 0) is 44.9 Å². The molecule has 168 valence electrons. The molecule has 0 fully saturated rings. The third-order valence-corrected chi connectivity index (χ3v) is 6.19. The van der Waals surface area contributed by atoms with Gasteiger partial charge in [0.15, 0.2) is 5.82 Å². The van der Waals surface area contributed by atoms with Gasteiger partial charge in [0, 0.05) is 35.0 Å². The number of fused-ring (bicyclic) bond motifs is 3. The number of aliphatic imine (C=N–C) groups is 1. The van der Waals surface area contributed by atoms with Gasteiger partial charge in [0.1, 0.15) is 17.4 Å². The van der Waals surface area contributed by atoms with E-state index in [1.807, 2.05) is 38.1 Å². The van der Waals surface area contributed by atoms with E-state index in [4.69, 9.17) is 14.9 Å². The number of carboxylic acids is 1. The fraction of sp³-hybridized carbons (Fsp3) is 0.348. The number of hydrogen-bond acceptors (Lipinski definition) is 6. The fourth-order valence-electron chi connectivity index (χ4n) is 3.44. The number of benzene rings is 1. The maximum absolute atomic E-state index is 11.8. The summed E-state index contributed by atoms with van der Waals surface area (Å²) < 4.78 is 2.12. The average molecular weight is 454 g/mol. The molecule has 32 heavy (non-hydrogen) atoms. The zero-order chi connectivity index (χ0) is 23.4. The molecule has 0 radical (unpaired) electrons.